The topological polar surface area (TPSA) is 52.9 Å². The molecule has 0 aliphatic carbocycles. The van der Waals surface area contributed by atoms with Crippen molar-refractivity contribution >= 4 is 27.5 Å². The minimum absolute atomic E-state index is 0.0637. The number of carbonyl (C=O) groups is 1. The molecule has 0 saturated carbocycles. The summed E-state index contributed by atoms with van der Waals surface area (Å²) in [5, 5.41) is 11.8. The zero-order valence-electron chi connectivity index (χ0n) is 9.57. The summed E-state index contributed by atoms with van der Waals surface area (Å²) in [7, 11) is 0. The van der Waals surface area contributed by atoms with Crippen LogP contribution in [-0.2, 0) is 0 Å². The molecule has 96 valence electrons. The van der Waals surface area contributed by atoms with Crippen LogP contribution in [0.15, 0.2) is 27.8 Å². The molecule has 0 atom stereocenters. The van der Waals surface area contributed by atoms with Crippen LogP contribution in [0.5, 0.6) is 0 Å². The standard InChI is InChI=1S/C12H12BrFN2O2/c13-8-1-2-11(14)10(7-8)12(17)16-5-3-9(15-18)4-6-16/h1-2,7,18H,3-6H2. The predicted octanol–water partition coefficient (Wildman–Crippen LogP) is 2.65. The summed E-state index contributed by atoms with van der Waals surface area (Å²) in [5.41, 5.74) is 0.738. The van der Waals surface area contributed by atoms with Crippen molar-refractivity contribution in [3.05, 3.63) is 34.1 Å². The smallest absolute Gasteiger partial charge is 0.256 e. The number of amides is 1. The van der Waals surface area contributed by atoms with Gasteiger partial charge in [0.25, 0.3) is 5.91 Å². The van der Waals surface area contributed by atoms with Gasteiger partial charge >= 0.3 is 0 Å². The van der Waals surface area contributed by atoms with Crippen LogP contribution >= 0.6 is 15.9 Å². The minimum atomic E-state index is -0.523. The third kappa shape index (κ3) is 2.69. The number of hydrogen-bond acceptors (Lipinski definition) is 3. The van der Waals surface area contributed by atoms with Crippen LogP contribution in [0.2, 0.25) is 0 Å². The largest absolute Gasteiger partial charge is 0.411 e. The SMILES string of the molecule is O=C(c1cc(Br)ccc1F)N1CCC(=NO)CC1. The fourth-order valence-corrected chi connectivity index (χ4v) is 2.26. The summed E-state index contributed by atoms with van der Waals surface area (Å²) in [6, 6.07) is 4.30. The molecule has 6 heteroatoms. The van der Waals surface area contributed by atoms with Crippen molar-refractivity contribution in [2.45, 2.75) is 12.8 Å². The average Bonchev–Trinajstić information content (AvgIpc) is 2.41. The molecule has 1 fully saturated rings. The van der Waals surface area contributed by atoms with Gasteiger partial charge in [0.05, 0.1) is 11.3 Å². The van der Waals surface area contributed by atoms with Gasteiger partial charge in [-0.25, -0.2) is 4.39 Å². The number of benzene rings is 1. The van der Waals surface area contributed by atoms with E-state index in [-0.39, 0.29) is 11.5 Å². The quantitative estimate of drug-likeness (QED) is 0.640. The molecule has 18 heavy (non-hydrogen) atoms. The molecule has 1 saturated heterocycles. The zero-order valence-corrected chi connectivity index (χ0v) is 11.2. The highest BCUT2D eigenvalue weighted by Crippen LogP contribution is 2.19. The second kappa shape index (κ2) is 5.48. The summed E-state index contributed by atoms with van der Waals surface area (Å²) < 4.78 is 14.3. The maximum Gasteiger partial charge on any atom is 0.256 e. The summed E-state index contributed by atoms with van der Waals surface area (Å²) >= 11 is 3.22. The molecule has 1 heterocycles. The Morgan fingerprint density at radius 3 is 2.67 bits per heavy atom. The van der Waals surface area contributed by atoms with Crippen molar-refractivity contribution in [3.63, 3.8) is 0 Å². The highest BCUT2D eigenvalue weighted by molar-refractivity contribution is 9.10. The van der Waals surface area contributed by atoms with E-state index in [1.807, 2.05) is 0 Å². The lowest BCUT2D eigenvalue weighted by Gasteiger charge is -2.27. The number of rotatable bonds is 1. The summed E-state index contributed by atoms with van der Waals surface area (Å²) in [5.74, 6) is -0.851. The van der Waals surface area contributed by atoms with Crippen molar-refractivity contribution in [2.75, 3.05) is 13.1 Å². The zero-order chi connectivity index (χ0) is 13.1. The van der Waals surface area contributed by atoms with Gasteiger partial charge in [-0.3, -0.25) is 4.79 Å². The van der Waals surface area contributed by atoms with E-state index in [9.17, 15) is 9.18 Å². The molecule has 2 rings (SSSR count). The molecule has 1 aromatic rings. The second-order valence-corrected chi connectivity index (χ2v) is 5.00. The number of hydrogen-bond donors (Lipinski definition) is 1. The molecule has 0 bridgehead atoms. The number of halogens is 2. The molecule has 1 amide bonds. The van der Waals surface area contributed by atoms with E-state index >= 15 is 0 Å². The number of piperidine rings is 1. The van der Waals surface area contributed by atoms with E-state index in [1.54, 1.807) is 11.0 Å². The molecule has 1 aromatic carbocycles. The maximum absolute atomic E-state index is 13.6. The van der Waals surface area contributed by atoms with Crippen molar-refractivity contribution in [1.82, 2.24) is 4.90 Å². The van der Waals surface area contributed by atoms with Gasteiger partial charge in [0, 0.05) is 30.4 Å². The Morgan fingerprint density at radius 2 is 2.06 bits per heavy atom. The molecule has 0 aromatic heterocycles. The van der Waals surface area contributed by atoms with E-state index in [4.69, 9.17) is 5.21 Å². The Morgan fingerprint density at radius 1 is 1.39 bits per heavy atom. The molecular formula is C12H12BrFN2O2. The first kappa shape index (κ1) is 13.0. The fraction of sp³-hybridized carbons (Fsp3) is 0.333. The van der Waals surface area contributed by atoms with Gasteiger partial charge < -0.3 is 10.1 Å². The van der Waals surface area contributed by atoms with Crippen molar-refractivity contribution in [2.24, 2.45) is 5.16 Å². The second-order valence-electron chi connectivity index (χ2n) is 4.08. The third-order valence-electron chi connectivity index (χ3n) is 2.93. The summed E-state index contributed by atoms with van der Waals surface area (Å²) in [6.07, 6.45) is 1.05. The predicted molar refractivity (Wildman–Crippen MR) is 68.5 cm³/mol. The van der Waals surface area contributed by atoms with Crippen LogP contribution in [0.4, 0.5) is 4.39 Å². The molecule has 1 aliphatic heterocycles. The van der Waals surface area contributed by atoms with E-state index in [1.165, 1.54) is 12.1 Å². The van der Waals surface area contributed by atoms with Gasteiger partial charge in [-0.2, -0.15) is 0 Å². The van der Waals surface area contributed by atoms with Gasteiger partial charge in [-0.05, 0) is 18.2 Å². The Bertz CT molecular complexity index is 495. The van der Waals surface area contributed by atoms with Crippen LogP contribution in [0.1, 0.15) is 23.2 Å². The molecule has 1 N–H and O–H groups in total. The van der Waals surface area contributed by atoms with Crippen LogP contribution < -0.4 is 0 Å². The van der Waals surface area contributed by atoms with Crippen molar-refractivity contribution in [1.29, 1.82) is 0 Å². The minimum Gasteiger partial charge on any atom is -0.411 e. The van der Waals surface area contributed by atoms with E-state index in [0.717, 1.165) is 0 Å². The van der Waals surface area contributed by atoms with Crippen LogP contribution in [-0.4, -0.2) is 34.8 Å². The lowest BCUT2D eigenvalue weighted by molar-refractivity contribution is 0.0749. The number of nitrogens with zero attached hydrogens (tertiary/aromatic N) is 2. The van der Waals surface area contributed by atoms with Gasteiger partial charge in [-0.15, -0.1) is 0 Å². The first-order chi connectivity index (χ1) is 8.61. The Balaban J connectivity index is 2.15. The molecule has 0 radical (unpaired) electrons. The van der Waals surface area contributed by atoms with Crippen molar-refractivity contribution < 1.29 is 14.4 Å². The van der Waals surface area contributed by atoms with Gasteiger partial charge in [0.1, 0.15) is 5.82 Å². The molecule has 0 spiro atoms. The van der Waals surface area contributed by atoms with Crippen LogP contribution in [0, 0.1) is 5.82 Å². The molecule has 4 nitrogen and oxygen atoms in total. The van der Waals surface area contributed by atoms with Crippen LogP contribution in [0.25, 0.3) is 0 Å². The van der Waals surface area contributed by atoms with Gasteiger partial charge in [-0.1, -0.05) is 21.1 Å². The van der Waals surface area contributed by atoms with Gasteiger partial charge in [0.2, 0.25) is 0 Å². The third-order valence-corrected chi connectivity index (χ3v) is 3.42. The molecular weight excluding hydrogens is 303 g/mol. The normalized spacial score (nSPS) is 15.7. The highest BCUT2D eigenvalue weighted by Gasteiger charge is 2.23. The molecule has 1 aliphatic rings. The Labute approximate surface area is 112 Å². The lowest BCUT2D eigenvalue weighted by Crippen LogP contribution is -2.39. The Hall–Kier alpha value is -1.43. The fourth-order valence-electron chi connectivity index (χ4n) is 1.90. The first-order valence-electron chi connectivity index (χ1n) is 5.56. The van der Waals surface area contributed by atoms with E-state index < -0.39 is 5.82 Å². The summed E-state index contributed by atoms with van der Waals surface area (Å²) in [4.78, 5) is 13.7. The molecule has 0 unspecified atom stereocenters. The highest BCUT2D eigenvalue weighted by atomic mass is 79.9. The van der Waals surface area contributed by atoms with E-state index in [0.29, 0.717) is 36.1 Å². The van der Waals surface area contributed by atoms with Crippen LogP contribution in [0.3, 0.4) is 0 Å². The monoisotopic (exact) mass is 314 g/mol. The van der Waals surface area contributed by atoms with E-state index in [2.05, 4.69) is 21.1 Å². The average molecular weight is 315 g/mol. The number of likely N-dealkylation sites (tertiary alicyclic amines) is 1. The van der Waals surface area contributed by atoms with Crippen molar-refractivity contribution in [3.8, 4) is 0 Å². The maximum atomic E-state index is 13.6. The first-order valence-corrected chi connectivity index (χ1v) is 6.35. The number of carbonyl (C=O) groups excluding carboxylic acids is 1. The number of oxime groups is 1. The Kier molecular flexibility index (Phi) is 3.96. The summed E-state index contributed by atoms with van der Waals surface area (Å²) in [6.45, 7) is 0.897. The lowest BCUT2D eigenvalue weighted by atomic mass is 10.1. The van der Waals surface area contributed by atoms with Gasteiger partial charge in [0.15, 0.2) is 0 Å².